The maximum absolute atomic E-state index is 6.07. The van der Waals surface area contributed by atoms with E-state index in [0.717, 1.165) is 16.6 Å². The van der Waals surface area contributed by atoms with Crippen LogP contribution in [0.1, 0.15) is 5.56 Å². The van der Waals surface area contributed by atoms with E-state index in [4.69, 9.17) is 11.6 Å². The molecule has 0 spiro atoms. The first-order valence-corrected chi connectivity index (χ1v) is 6.38. The maximum Gasteiger partial charge on any atom is 0.0718 e. The number of hydrogen-bond acceptors (Lipinski definition) is 3. The highest BCUT2D eigenvalue weighted by Gasteiger charge is 2.00. The van der Waals surface area contributed by atoms with Gasteiger partial charge >= 0.3 is 0 Å². The summed E-state index contributed by atoms with van der Waals surface area (Å²) < 4.78 is 0. The Morgan fingerprint density at radius 2 is 2.05 bits per heavy atom. The van der Waals surface area contributed by atoms with Crippen LogP contribution in [-0.4, -0.2) is 9.97 Å². The smallest absolute Gasteiger partial charge is 0.0718 e. The lowest BCUT2D eigenvalue weighted by Gasteiger charge is -2.08. The number of nitrogens with zero attached hydrogens (tertiary/aromatic N) is 2. The molecule has 0 fully saturated rings. The van der Waals surface area contributed by atoms with Gasteiger partial charge in [0.15, 0.2) is 0 Å². The Labute approximate surface area is 116 Å². The fourth-order valence-corrected chi connectivity index (χ4v) is 2.11. The predicted molar refractivity (Wildman–Crippen MR) is 78.3 cm³/mol. The zero-order chi connectivity index (χ0) is 13.1. The highest BCUT2D eigenvalue weighted by atomic mass is 35.5. The highest BCUT2D eigenvalue weighted by Crippen LogP contribution is 2.20. The highest BCUT2D eigenvalue weighted by molar-refractivity contribution is 6.33. The van der Waals surface area contributed by atoms with E-state index >= 15 is 0 Å². The van der Waals surface area contributed by atoms with Crippen LogP contribution in [0.5, 0.6) is 0 Å². The molecular formula is C15H12ClN3. The molecule has 3 nitrogen and oxygen atoms in total. The predicted octanol–water partition coefficient (Wildman–Crippen LogP) is 3.90. The van der Waals surface area contributed by atoms with Gasteiger partial charge in [0.1, 0.15) is 0 Å². The van der Waals surface area contributed by atoms with Gasteiger partial charge in [0.05, 0.1) is 22.4 Å². The van der Waals surface area contributed by atoms with Gasteiger partial charge < -0.3 is 5.32 Å². The third-order valence-electron chi connectivity index (χ3n) is 2.92. The molecule has 0 atom stereocenters. The summed E-state index contributed by atoms with van der Waals surface area (Å²) in [6.45, 7) is 0.705. The molecule has 0 aliphatic heterocycles. The molecule has 4 heteroatoms. The number of nitrogens with one attached hydrogen (secondary N) is 1. The Bertz CT molecular complexity index is 712. The maximum atomic E-state index is 6.07. The summed E-state index contributed by atoms with van der Waals surface area (Å²) in [6, 6.07) is 12.0. The first-order chi connectivity index (χ1) is 9.33. The summed E-state index contributed by atoms with van der Waals surface area (Å²) in [5.74, 6) is 0. The number of aromatic nitrogens is 2. The topological polar surface area (TPSA) is 37.8 Å². The Balaban J connectivity index is 1.80. The minimum atomic E-state index is 0.678. The molecule has 3 rings (SSSR count). The molecule has 0 bridgehead atoms. The van der Waals surface area contributed by atoms with Crippen molar-refractivity contribution >= 4 is 28.2 Å². The quantitative estimate of drug-likeness (QED) is 0.784. The van der Waals surface area contributed by atoms with Crippen LogP contribution in [0.15, 0.2) is 55.0 Å². The fraction of sp³-hybridized carbons (Fsp3) is 0.0667. The van der Waals surface area contributed by atoms with E-state index < -0.39 is 0 Å². The molecule has 0 aliphatic carbocycles. The van der Waals surface area contributed by atoms with E-state index in [1.807, 2.05) is 12.1 Å². The van der Waals surface area contributed by atoms with E-state index in [1.54, 1.807) is 24.7 Å². The van der Waals surface area contributed by atoms with Crippen LogP contribution in [0, 0.1) is 0 Å². The molecule has 19 heavy (non-hydrogen) atoms. The molecule has 0 aliphatic rings. The summed E-state index contributed by atoms with van der Waals surface area (Å²) in [5.41, 5.74) is 3.03. The minimum absolute atomic E-state index is 0.678. The first kappa shape index (κ1) is 11.9. The number of fused-ring (bicyclic) bond motifs is 1. The largest absolute Gasteiger partial charge is 0.379 e. The third kappa shape index (κ3) is 2.66. The van der Waals surface area contributed by atoms with Crippen molar-refractivity contribution in [2.45, 2.75) is 6.54 Å². The van der Waals surface area contributed by atoms with E-state index in [9.17, 15) is 0 Å². The molecule has 0 saturated heterocycles. The van der Waals surface area contributed by atoms with Gasteiger partial charge in [0.2, 0.25) is 0 Å². The van der Waals surface area contributed by atoms with Gasteiger partial charge in [0, 0.05) is 24.3 Å². The molecule has 3 aromatic rings. The van der Waals surface area contributed by atoms with Crippen LogP contribution in [-0.2, 0) is 6.54 Å². The number of hydrogen-bond donors (Lipinski definition) is 1. The van der Waals surface area contributed by atoms with Crippen LogP contribution >= 0.6 is 11.6 Å². The van der Waals surface area contributed by atoms with Gasteiger partial charge in [-0.1, -0.05) is 23.7 Å². The zero-order valence-corrected chi connectivity index (χ0v) is 10.9. The van der Waals surface area contributed by atoms with Crippen molar-refractivity contribution < 1.29 is 0 Å². The summed E-state index contributed by atoms with van der Waals surface area (Å²) in [5, 5.41) is 5.10. The fourth-order valence-electron chi connectivity index (χ4n) is 1.94. The summed E-state index contributed by atoms with van der Waals surface area (Å²) in [6.07, 6.45) is 5.20. The summed E-state index contributed by atoms with van der Waals surface area (Å²) >= 11 is 6.07. The Morgan fingerprint density at radius 1 is 1.11 bits per heavy atom. The van der Waals surface area contributed by atoms with Gasteiger partial charge in [-0.25, -0.2) is 0 Å². The van der Waals surface area contributed by atoms with Gasteiger partial charge in [-0.15, -0.1) is 0 Å². The van der Waals surface area contributed by atoms with Crippen molar-refractivity contribution in [3.8, 4) is 0 Å². The monoisotopic (exact) mass is 269 g/mol. The summed E-state index contributed by atoms with van der Waals surface area (Å²) in [4.78, 5) is 8.35. The number of rotatable bonds is 3. The van der Waals surface area contributed by atoms with E-state index in [2.05, 4.69) is 33.5 Å². The van der Waals surface area contributed by atoms with Gasteiger partial charge in [0.25, 0.3) is 0 Å². The van der Waals surface area contributed by atoms with Crippen molar-refractivity contribution in [1.29, 1.82) is 0 Å². The van der Waals surface area contributed by atoms with Crippen LogP contribution < -0.4 is 5.32 Å². The average molecular weight is 270 g/mol. The van der Waals surface area contributed by atoms with Gasteiger partial charge in [-0.2, -0.15) is 0 Å². The average Bonchev–Trinajstić information content (AvgIpc) is 2.46. The van der Waals surface area contributed by atoms with Crippen LogP contribution in [0.4, 0.5) is 5.69 Å². The van der Waals surface area contributed by atoms with E-state index in [0.29, 0.717) is 11.6 Å². The Morgan fingerprint density at radius 3 is 2.95 bits per heavy atom. The lowest BCUT2D eigenvalue weighted by molar-refractivity contribution is 1.14. The van der Waals surface area contributed by atoms with Crippen LogP contribution in [0.2, 0.25) is 5.02 Å². The standard InChI is InChI=1S/C15H12ClN3/c16-13-5-7-17-10-15(13)19-9-11-3-4-14-12(8-11)2-1-6-18-14/h1-8,10,19H,9H2. The van der Waals surface area contributed by atoms with Crippen molar-refractivity contribution in [3.63, 3.8) is 0 Å². The van der Waals surface area contributed by atoms with Crippen molar-refractivity contribution in [1.82, 2.24) is 9.97 Å². The molecule has 1 aromatic carbocycles. The second kappa shape index (κ2) is 5.24. The van der Waals surface area contributed by atoms with Crippen molar-refractivity contribution in [2.75, 3.05) is 5.32 Å². The van der Waals surface area contributed by atoms with E-state index in [1.165, 1.54) is 5.56 Å². The Kier molecular flexibility index (Phi) is 3.29. The van der Waals surface area contributed by atoms with Crippen LogP contribution in [0.25, 0.3) is 10.9 Å². The van der Waals surface area contributed by atoms with Gasteiger partial charge in [-0.05, 0) is 29.8 Å². The number of anilines is 1. The Hall–Kier alpha value is -2.13. The third-order valence-corrected chi connectivity index (χ3v) is 3.25. The second-order valence-corrected chi connectivity index (χ2v) is 4.65. The molecule has 2 aromatic heterocycles. The molecule has 2 heterocycles. The normalized spacial score (nSPS) is 10.6. The summed E-state index contributed by atoms with van der Waals surface area (Å²) in [7, 11) is 0. The molecule has 1 N–H and O–H groups in total. The lowest BCUT2D eigenvalue weighted by atomic mass is 10.1. The molecule has 0 radical (unpaired) electrons. The number of benzene rings is 1. The lowest BCUT2D eigenvalue weighted by Crippen LogP contribution is -2.00. The number of halogens is 1. The first-order valence-electron chi connectivity index (χ1n) is 6.00. The second-order valence-electron chi connectivity index (χ2n) is 4.24. The zero-order valence-electron chi connectivity index (χ0n) is 10.2. The van der Waals surface area contributed by atoms with Crippen molar-refractivity contribution in [3.05, 3.63) is 65.6 Å². The van der Waals surface area contributed by atoms with Gasteiger partial charge in [-0.3, -0.25) is 9.97 Å². The van der Waals surface area contributed by atoms with Crippen molar-refractivity contribution in [2.24, 2.45) is 0 Å². The molecule has 0 amide bonds. The number of pyridine rings is 2. The van der Waals surface area contributed by atoms with Crippen LogP contribution in [0.3, 0.4) is 0 Å². The molecule has 0 saturated carbocycles. The minimum Gasteiger partial charge on any atom is -0.379 e. The molecule has 0 unspecified atom stereocenters. The molecule has 94 valence electrons. The van der Waals surface area contributed by atoms with E-state index in [-0.39, 0.29) is 0 Å². The SMILES string of the molecule is Clc1ccncc1NCc1ccc2ncccc2c1. The molecular weight excluding hydrogens is 258 g/mol.